The van der Waals surface area contributed by atoms with Crippen LogP contribution in [0.2, 0.25) is 0 Å². The summed E-state index contributed by atoms with van der Waals surface area (Å²) in [6.45, 7) is 18.4. The fourth-order valence-electron chi connectivity index (χ4n) is 6.37. The normalized spacial score (nSPS) is 13.3. The van der Waals surface area contributed by atoms with E-state index >= 15 is 0 Å². The number of ketones is 1. The Hall–Kier alpha value is -3.53. The number of benzene rings is 3. The average Bonchev–Trinajstić information content (AvgIpc) is 3.37. The smallest absolute Gasteiger partial charge is 0.151 e. The molecule has 2 aromatic heterocycles. The van der Waals surface area contributed by atoms with Crippen molar-refractivity contribution in [3.05, 3.63) is 106 Å². The molecule has 0 atom stereocenters. The van der Waals surface area contributed by atoms with Crippen LogP contribution in [0.1, 0.15) is 69.4 Å². The van der Waals surface area contributed by atoms with Crippen LogP contribution in [0.3, 0.4) is 0 Å². The maximum atomic E-state index is 10.5. The minimum Gasteiger partial charge on any atom is -0.686 e. The molecule has 0 saturated carbocycles. The van der Waals surface area contributed by atoms with Crippen molar-refractivity contribution in [1.82, 2.24) is 4.98 Å². The van der Waals surface area contributed by atoms with E-state index in [1.165, 1.54) is 45.5 Å². The van der Waals surface area contributed by atoms with Gasteiger partial charge in [0.2, 0.25) is 0 Å². The van der Waals surface area contributed by atoms with Gasteiger partial charge in [-0.2, -0.15) is 5.70 Å². The maximum absolute atomic E-state index is 10.5. The summed E-state index contributed by atoms with van der Waals surface area (Å²) in [6, 6.07) is 22.9. The molecule has 6 rings (SSSR count). The molecule has 42 heavy (non-hydrogen) atoms. The number of nitrogens with zero attached hydrogens (tertiary/aromatic N) is 2. The van der Waals surface area contributed by atoms with E-state index in [0.29, 0.717) is 0 Å². The first-order valence-corrected chi connectivity index (χ1v) is 14.2. The van der Waals surface area contributed by atoms with Crippen LogP contribution in [0.15, 0.2) is 70.8 Å². The van der Waals surface area contributed by atoms with Crippen LogP contribution in [-0.4, -0.2) is 16.8 Å². The number of pyridine rings is 1. The zero-order valence-electron chi connectivity index (χ0n) is 25.9. The molecule has 1 aliphatic rings. The van der Waals surface area contributed by atoms with Gasteiger partial charge in [0.25, 0.3) is 0 Å². The molecule has 219 valence electrons. The summed E-state index contributed by atoms with van der Waals surface area (Å²) >= 11 is 0. The molecular weight excluding hydrogens is 697 g/mol. The monoisotopic (exact) mass is 735 g/mol. The molecule has 5 aromatic rings. The van der Waals surface area contributed by atoms with E-state index in [1.54, 1.807) is 6.08 Å². The number of aryl methyl sites for hydroxylation is 3. The molecule has 3 aromatic carbocycles. The molecule has 0 amide bonds. The van der Waals surface area contributed by atoms with Crippen molar-refractivity contribution in [2.45, 2.75) is 73.8 Å². The topological polar surface area (TPSA) is 57.2 Å². The Morgan fingerprint density at radius 1 is 1.00 bits per heavy atom. The zero-order chi connectivity index (χ0) is 29.6. The van der Waals surface area contributed by atoms with Gasteiger partial charge in [-0.05, 0) is 73.7 Å². The number of fused-ring (bicyclic) bond motifs is 6. The first-order valence-electron chi connectivity index (χ1n) is 14.2. The van der Waals surface area contributed by atoms with Crippen LogP contribution in [0, 0.1) is 26.8 Å². The van der Waals surface area contributed by atoms with Crippen molar-refractivity contribution in [1.29, 1.82) is 0 Å². The number of allylic oxidation sites excluding steroid dienone is 2. The van der Waals surface area contributed by atoms with Crippen LogP contribution in [0.4, 0.5) is 0 Å². The Balaban J connectivity index is 0.000000320. The van der Waals surface area contributed by atoms with Gasteiger partial charge in [-0.25, -0.2) is 0 Å². The second-order valence-electron chi connectivity index (χ2n) is 12.0. The molecule has 0 N–H and O–H groups in total. The summed E-state index contributed by atoms with van der Waals surface area (Å²) in [4.78, 5) is 15.6. The van der Waals surface area contributed by atoms with Gasteiger partial charge in [-0.1, -0.05) is 70.5 Å². The molecule has 0 saturated heterocycles. The molecule has 0 unspecified atom stereocenters. The van der Waals surface area contributed by atoms with Crippen molar-refractivity contribution in [2.24, 2.45) is 0 Å². The average molecular weight is 735 g/mol. The Bertz CT molecular complexity index is 1840. The predicted octanol–water partition coefficient (Wildman–Crippen LogP) is 9.94. The van der Waals surface area contributed by atoms with Gasteiger partial charge in [-0.3, -0.25) is 9.78 Å². The Kier molecular flexibility index (Phi) is 8.97. The zero-order valence-corrected chi connectivity index (χ0v) is 28.3. The minimum atomic E-state index is -0.197. The van der Waals surface area contributed by atoms with Crippen LogP contribution < -0.4 is 0 Å². The molecule has 1 radical (unpaired) electrons. The predicted molar refractivity (Wildman–Crippen MR) is 170 cm³/mol. The molecule has 0 aliphatic heterocycles. The Labute approximate surface area is 263 Å². The van der Waals surface area contributed by atoms with Crippen molar-refractivity contribution >= 4 is 27.7 Å². The van der Waals surface area contributed by atoms with Gasteiger partial charge in [0.1, 0.15) is 11.3 Å². The fraction of sp³-hybridized carbons (Fsp3) is 0.297. The molecule has 5 heteroatoms. The first-order chi connectivity index (χ1) is 19.4. The maximum Gasteiger partial charge on any atom is 0.151 e. The Morgan fingerprint density at radius 2 is 1.69 bits per heavy atom. The SMILES string of the molecule is CC(=O)/C=C(/C)[N-]C(C)C.Cc1cc(C)c2c(C)cc(-c3[c-]ccc4c3C(C)(C)c3c-4oc4ccccc34)nc2c1.[Ir]. The molecule has 1 aliphatic carbocycles. The van der Waals surface area contributed by atoms with Crippen LogP contribution >= 0.6 is 0 Å². The second kappa shape index (κ2) is 12.0. The number of hydrogen-bond acceptors (Lipinski definition) is 3. The number of furan rings is 1. The van der Waals surface area contributed by atoms with Crippen molar-refractivity contribution in [3.63, 3.8) is 0 Å². The van der Waals surface area contributed by atoms with E-state index in [2.05, 4.69) is 88.5 Å². The largest absolute Gasteiger partial charge is 0.686 e. The van der Waals surface area contributed by atoms with E-state index in [9.17, 15) is 4.79 Å². The second-order valence-corrected chi connectivity index (χ2v) is 12.0. The van der Waals surface area contributed by atoms with Gasteiger partial charge in [-0.15, -0.1) is 35.4 Å². The molecule has 0 fully saturated rings. The van der Waals surface area contributed by atoms with Gasteiger partial charge < -0.3 is 9.73 Å². The van der Waals surface area contributed by atoms with Gasteiger partial charge in [0, 0.05) is 36.4 Å². The molecule has 4 nitrogen and oxygen atoms in total. The number of hydrogen-bond donors (Lipinski definition) is 0. The number of rotatable bonds is 4. The molecule has 0 spiro atoms. The quantitative estimate of drug-likeness (QED) is 0.137. The summed E-state index contributed by atoms with van der Waals surface area (Å²) in [5.74, 6) is 1.04. The van der Waals surface area contributed by atoms with Crippen LogP contribution in [0.25, 0.3) is 49.8 Å². The fourth-order valence-corrected chi connectivity index (χ4v) is 6.37. The number of carbonyl (C=O) groups excluding carboxylic acids is 1. The standard InChI is InChI=1S/C29H24NO.C8H15NO.Ir/c1-16-13-17(2)25-18(3)15-22(30-23(25)14-16)19-10-8-11-21-26(19)29(4,5)27-20-9-6-7-12-24(20)31-28(21)27;1-6(2)9-7(3)5-8(4)10;/h6-9,11-15H,1-5H3;5-6H,1-4H3,(H,9,10);/q-1;;/p-1. The summed E-state index contributed by atoms with van der Waals surface area (Å²) < 4.78 is 6.35. The number of carbonyl (C=O) groups is 1. The van der Waals surface area contributed by atoms with Gasteiger partial charge >= 0.3 is 0 Å². The first kappa shape index (κ1) is 31.4. The third-order valence-corrected chi connectivity index (χ3v) is 7.66. The van der Waals surface area contributed by atoms with Crippen molar-refractivity contribution in [2.75, 3.05) is 0 Å². The third kappa shape index (κ3) is 5.73. The van der Waals surface area contributed by atoms with Gasteiger partial charge in [0.15, 0.2) is 5.78 Å². The number of para-hydroxylation sites is 1. The van der Waals surface area contributed by atoms with E-state index in [0.717, 1.165) is 39.4 Å². The van der Waals surface area contributed by atoms with E-state index in [1.807, 2.05) is 32.9 Å². The summed E-state index contributed by atoms with van der Waals surface area (Å²) in [6.07, 6.45) is 1.54. The summed E-state index contributed by atoms with van der Waals surface area (Å²) in [7, 11) is 0. The minimum absolute atomic E-state index is 0. The van der Waals surface area contributed by atoms with Crippen LogP contribution in [-0.2, 0) is 30.3 Å². The van der Waals surface area contributed by atoms with E-state index in [4.69, 9.17) is 9.40 Å². The Morgan fingerprint density at radius 3 is 2.38 bits per heavy atom. The summed E-state index contributed by atoms with van der Waals surface area (Å²) in [5, 5.41) is 6.60. The number of aromatic nitrogens is 1. The third-order valence-electron chi connectivity index (χ3n) is 7.66. The molecule has 2 heterocycles. The summed E-state index contributed by atoms with van der Waals surface area (Å²) in [5.41, 5.74) is 12.1. The van der Waals surface area contributed by atoms with E-state index < -0.39 is 0 Å². The molecular formula is C37H38IrN2O2-2. The van der Waals surface area contributed by atoms with Gasteiger partial charge in [0.05, 0.1) is 5.52 Å². The van der Waals surface area contributed by atoms with Crippen molar-refractivity contribution < 1.29 is 29.3 Å². The molecule has 0 bridgehead atoms. The van der Waals surface area contributed by atoms with Crippen LogP contribution in [0.5, 0.6) is 0 Å². The van der Waals surface area contributed by atoms with Crippen molar-refractivity contribution in [3.8, 4) is 22.6 Å². The van der Waals surface area contributed by atoms with E-state index in [-0.39, 0.29) is 37.3 Å².